The zero-order valence-electron chi connectivity index (χ0n) is 12.0. The van der Waals surface area contributed by atoms with Crippen LogP contribution in [0.3, 0.4) is 0 Å². The summed E-state index contributed by atoms with van der Waals surface area (Å²) in [6.45, 7) is 6.37. The van der Waals surface area contributed by atoms with Crippen molar-refractivity contribution in [1.82, 2.24) is 10.2 Å². The van der Waals surface area contributed by atoms with Gasteiger partial charge in [-0.05, 0) is 64.0 Å². The van der Waals surface area contributed by atoms with Gasteiger partial charge in [-0.15, -0.1) is 0 Å². The number of nitrogens with one attached hydrogen (secondary N) is 1. The van der Waals surface area contributed by atoms with Gasteiger partial charge < -0.3 is 5.32 Å². The summed E-state index contributed by atoms with van der Waals surface area (Å²) in [6.07, 6.45) is 11.8. The largest absolute Gasteiger partial charge is 0.316 e. The van der Waals surface area contributed by atoms with Crippen LogP contribution in [0.5, 0.6) is 0 Å². The highest BCUT2D eigenvalue weighted by Crippen LogP contribution is 2.36. The topological polar surface area (TPSA) is 15.3 Å². The summed E-state index contributed by atoms with van der Waals surface area (Å²) in [5.74, 6) is 1.98. The number of hydrogen-bond donors (Lipinski definition) is 1. The maximum atomic E-state index is 3.57. The first-order valence-corrected chi connectivity index (χ1v) is 8.29. The van der Waals surface area contributed by atoms with Gasteiger partial charge in [0.25, 0.3) is 0 Å². The van der Waals surface area contributed by atoms with Crippen LogP contribution in [0.2, 0.25) is 0 Å². The monoisotopic (exact) mass is 250 g/mol. The standard InChI is InChI=1S/C16H30N2/c1-13(10-14-4-2-5-14)18(16-7-8-16)12-15-6-3-9-17-11-15/h13-17H,2-12H2,1H3. The molecule has 1 aliphatic heterocycles. The van der Waals surface area contributed by atoms with Crippen LogP contribution in [0.4, 0.5) is 0 Å². The Morgan fingerprint density at radius 1 is 1.06 bits per heavy atom. The Balaban J connectivity index is 1.49. The van der Waals surface area contributed by atoms with E-state index in [0.29, 0.717) is 0 Å². The lowest BCUT2D eigenvalue weighted by Crippen LogP contribution is -2.44. The molecule has 1 heterocycles. The van der Waals surface area contributed by atoms with Crippen LogP contribution in [-0.2, 0) is 0 Å². The molecule has 0 spiro atoms. The molecule has 0 aromatic heterocycles. The lowest BCUT2D eigenvalue weighted by atomic mass is 9.80. The van der Waals surface area contributed by atoms with Gasteiger partial charge in [0.2, 0.25) is 0 Å². The molecule has 2 nitrogen and oxygen atoms in total. The fraction of sp³-hybridized carbons (Fsp3) is 1.00. The molecular weight excluding hydrogens is 220 g/mol. The predicted octanol–water partition coefficient (Wildman–Crippen LogP) is 3.03. The molecule has 3 rings (SSSR count). The zero-order chi connectivity index (χ0) is 12.4. The Bertz CT molecular complexity index is 252. The van der Waals surface area contributed by atoms with E-state index in [-0.39, 0.29) is 0 Å². The summed E-state index contributed by atoms with van der Waals surface area (Å²) in [5.41, 5.74) is 0. The van der Waals surface area contributed by atoms with Gasteiger partial charge in [0.1, 0.15) is 0 Å². The van der Waals surface area contributed by atoms with Crippen LogP contribution in [0.15, 0.2) is 0 Å². The summed E-state index contributed by atoms with van der Waals surface area (Å²) in [5, 5.41) is 3.57. The van der Waals surface area contributed by atoms with Crippen LogP contribution in [0.1, 0.15) is 58.3 Å². The minimum Gasteiger partial charge on any atom is -0.316 e. The van der Waals surface area contributed by atoms with Gasteiger partial charge >= 0.3 is 0 Å². The van der Waals surface area contributed by atoms with Crippen molar-refractivity contribution in [1.29, 1.82) is 0 Å². The molecular formula is C16H30N2. The Kier molecular flexibility index (Phi) is 4.25. The van der Waals surface area contributed by atoms with Crippen LogP contribution >= 0.6 is 0 Å². The van der Waals surface area contributed by atoms with Crippen molar-refractivity contribution >= 4 is 0 Å². The molecule has 0 bridgehead atoms. The van der Waals surface area contributed by atoms with Crippen molar-refractivity contribution in [3.05, 3.63) is 0 Å². The Hall–Kier alpha value is -0.0800. The Morgan fingerprint density at radius 2 is 1.83 bits per heavy atom. The third kappa shape index (κ3) is 3.27. The van der Waals surface area contributed by atoms with Crippen molar-refractivity contribution in [3.8, 4) is 0 Å². The quantitative estimate of drug-likeness (QED) is 0.779. The van der Waals surface area contributed by atoms with Crippen LogP contribution in [0, 0.1) is 11.8 Å². The summed E-state index contributed by atoms with van der Waals surface area (Å²) in [7, 11) is 0. The number of hydrogen-bond acceptors (Lipinski definition) is 2. The van der Waals surface area contributed by atoms with Gasteiger partial charge in [-0.1, -0.05) is 19.3 Å². The van der Waals surface area contributed by atoms with E-state index in [1.54, 1.807) is 0 Å². The van der Waals surface area contributed by atoms with Gasteiger partial charge in [-0.3, -0.25) is 4.90 Å². The summed E-state index contributed by atoms with van der Waals surface area (Å²) < 4.78 is 0. The van der Waals surface area contributed by atoms with Gasteiger partial charge in [0.15, 0.2) is 0 Å². The highest BCUT2D eigenvalue weighted by molar-refractivity contribution is 4.90. The van der Waals surface area contributed by atoms with E-state index in [1.807, 2.05) is 0 Å². The van der Waals surface area contributed by atoms with E-state index in [4.69, 9.17) is 0 Å². The lowest BCUT2D eigenvalue weighted by molar-refractivity contribution is 0.119. The second-order valence-electron chi connectivity index (χ2n) is 7.02. The smallest absolute Gasteiger partial charge is 0.00993 e. The van der Waals surface area contributed by atoms with Gasteiger partial charge in [-0.25, -0.2) is 0 Å². The molecule has 104 valence electrons. The molecule has 2 atom stereocenters. The number of rotatable bonds is 6. The second-order valence-corrected chi connectivity index (χ2v) is 7.02. The average molecular weight is 250 g/mol. The predicted molar refractivity (Wildman–Crippen MR) is 76.7 cm³/mol. The molecule has 0 radical (unpaired) electrons. The Labute approximate surface area is 113 Å². The third-order valence-corrected chi connectivity index (χ3v) is 5.35. The fourth-order valence-electron chi connectivity index (χ4n) is 3.82. The summed E-state index contributed by atoms with van der Waals surface area (Å²) in [4.78, 5) is 2.87. The molecule has 3 fully saturated rings. The molecule has 2 saturated carbocycles. The van der Waals surface area contributed by atoms with Gasteiger partial charge in [0.05, 0.1) is 0 Å². The maximum absolute atomic E-state index is 3.57. The minimum absolute atomic E-state index is 0.838. The van der Waals surface area contributed by atoms with Crippen molar-refractivity contribution in [2.45, 2.75) is 70.4 Å². The van der Waals surface area contributed by atoms with Crippen molar-refractivity contribution < 1.29 is 0 Å². The normalized spacial score (nSPS) is 31.3. The first-order valence-electron chi connectivity index (χ1n) is 8.29. The van der Waals surface area contributed by atoms with Crippen LogP contribution in [0.25, 0.3) is 0 Å². The van der Waals surface area contributed by atoms with Gasteiger partial charge in [0, 0.05) is 18.6 Å². The molecule has 1 saturated heterocycles. The Morgan fingerprint density at radius 3 is 2.39 bits per heavy atom. The minimum atomic E-state index is 0.838. The van der Waals surface area contributed by atoms with Gasteiger partial charge in [-0.2, -0.15) is 0 Å². The molecule has 0 aromatic carbocycles. The summed E-state index contributed by atoms with van der Waals surface area (Å²) >= 11 is 0. The molecule has 0 amide bonds. The molecule has 2 heteroatoms. The lowest BCUT2D eigenvalue weighted by Gasteiger charge is -2.37. The molecule has 1 N–H and O–H groups in total. The third-order valence-electron chi connectivity index (χ3n) is 5.35. The second kappa shape index (κ2) is 5.92. The van der Waals surface area contributed by atoms with Crippen molar-refractivity contribution in [3.63, 3.8) is 0 Å². The molecule has 2 unspecified atom stereocenters. The SMILES string of the molecule is CC(CC1CCC1)N(CC1CCCNC1)C1CC1. The summed E-state index contributed by atoms with van der Waals surface area (Å²) in [6, 6.07) is 1.78. The van der Waals surface area contributed by atoms with Crippen molar-refractivity contribution in [2.24, 2.45) is 11.8 Å². The van der Waals surface area contributed by atoms with E-state index < -0.39 is 0 Å². The molecule has 2 aliphatic carbocycles. The molecule has 0 aromatic rings. The van der Waals surface area contributed by atoms with Crippen molar-refractivity contribution in [2.75, 3.05) is 19.6 Å². The highest BCUT2D eigenvalue weighted by atomic mass is 15.2. The highest BCUT2D eigenvalue weighted by Gasteiger charge is 2.35. The maximum Gasteiger partial charge on any atom is 0.00993 e. The average Bonchev–Trinajstić information content (AvgIpc) is 3.16. The number of nitrogens with zero attached hydrogens (tertiary/aromatic N) is 1. The first-order chi connectivity index (χ1) is 8.83. The number of piperidine rings is 1. The molecule has 18 heavy (non-hydrogen) atoms. The van der Waals surface area contributed by atoms with E-state index in [0.717, 1.165) is 23.9 Å². The van der Waals surface area contributed by atoms with Crippen LogP contribution < -0.4 is 5.32 Å². The first kappa shape index (κ1) is 12.9. The van der Waals surface area contributed by atoms with E-state index in [1.165, 1.54) is 71.0 Å². The zero-order valence-corrected chi connectivity index (χ0v) is 12.0. The fourth-order valence-corrected chi connectivity index (χ4v) is 3.82. The molecule has 3 aliphatic rings. The van der Waals surface area contributed by atoms with Crippen LogP contribution in [-0.4, -0.2) is 36.6 Å². The van der Waals surface area contributed by atoms with E-state index >= 15 is 0 Å². The van der Waals surface area contributed by atoms with E-state index in [9.17, 15) is 0 Å². The van der Waals surface area contributed by atoms with E-state index in [2.05, 4.69) is 17.1 Å².